The summed E-state index contributed by atoms with van der Waals surface area (Å²) >= 11 is 0.928. The van der Waals surface area contributed by atoms with Crippen LogP contribution < -0.4 is 5.32 Å². The molecule has 3 nitrogen and oxygen atoms in total. The van der Waals surface area contributed by atoms with E-state index >= 15 is 0 Å². The van der Waals surface area contributed by atoms with E-state index in [0.717, 1.165) is 49.4 Å². The van der Waals surface area contributed by atoms with E-state index in [1.54, 1.807) is 6.92 Å². The Bertz CT molecular complexity index is 928. The lowest BCUT2D eigenvalue weighted by Gasteiger charge is -2.25. The van der Waals surface area contributed by atoms with Crippen LogP contribution in [0.3, 0.4) is 0 Å². The van der Waals surface area contributed by atoms with Gasteiger partial charge in [-0.2, -0.15) is 26.3 Å². The SMILES string of the molecule is C=C(NC(C)c1cccc(C(F)(F)F)c1)c1sc(CCN2CCCCC2)nc1C(F)(F)F. The van der Waals surface area contributed by atoms with E-state index in [0.29, 0.717) is 23.5 Å². The molecule has 1 unspecified atom stereocenters. The Balaban J connectivity index is 1.75. The van der Waals surface area contributed by atoms with Crippen LogP contribution in [-0.2, 0) is 18.8 Å². The zero-order valence-corrected chi connectivity index (χ0v) is 18.4. The molecule has 3 rings (SSSR count). The predicted molar refractivity (Wildman–Crippen MR) is 113 cm³/mol. The number of rotatable bonds is 7. The third kappa shape index (κ3) is 6.25. The molecule has 1 saturated heterocycles. The largest absolute Gasteiger partial charge is 0.434 e. The van der Waals surface area contributed by atoms with Crippen molar-refractivity contribution in [1.82, 2.24) is 15.2 Å². The Hall–Kier alpha value is -2.07. The van der Waals surface area contributed by atoms with Gasteiger partial charge in [-0.05, 0) is 50.6 Å². The van der Waals surface area contributed by atoms with Crippen LogP contribution in [-0.4, -0.2) is 29.5 Å². The summed E-state index contributed by atoms with van der Waals surface area (Å²) in [6, 6.07) is 4.01. The van der Waals surface area contributed by atoms with Crippen molar-refractivity contribution in [1.29, 1.82) is 0 Å². The zero-order valence-electron chi connectivity index (χ0n) is 17.6. The second kappa shape index (κ2) is 9.82. The Morgan fingerprint density at radius 2 is 1.81 bits per heavy atom. The van der Waals surface area contributed by atoms with Crippen LogP contribution in [0.15, 0.2) is 30.8 Å². The summed E-state index contributed by atoms with van der Waals surface area (Å²) in [5.41, 5.74) is -1.54. The minimum absolute atomic E-state index is 0.0102. The summed E-state index contributed by atoms with van der Waals surface area (Å²) in [6.45, 7) is 7.82. The first-order valence-corrected chi connectivity index (χ1v) is 11.2. The van der Waals surface area contributed by atoms with Crippen molar-refractivity contribution in [2.75, 3.05) is 19.6 Å². The maximum atomic E-state index is 13.6. The summed E-state index contributed by atoms with van der Waals surface area (Å²) in [5, 5.41) is 3.19. The second-order valence-electron chi connectivity index (χ2n) is 7.90. The normalized spacial score (nSPS) is 16.7. The lowest BCUT2D eigenvalue weighted by Crippen LogP contribution is -2.31. The number of halogens is 6. The van der Waals surface area contributed by atoms with Crippen molar-refractivity contribution < 1.29 is 26.3 Å². The van der Waals surface area contributed by atoms with Gasteiger partial charge in [0.1, 0.15) is 0 Å². The predicted octanol–water partition coefficient (Wildman–Crippen LogP) is 6.53. The highest BCUT2D eigenvalue weighted by molar-refractivity contribution is 7.12. The van der Waals surface area contributed by atoms with Crippen LogP contribution in [0.2, 0.25) is 0 Å². The number of benzene rings is 1. The molecule has 1 N–H and O–H groups in total. The highest BCUT2D eigenvalue weighted by atomic mass is 32.1. The monoisotopic (exact) mass is 477 g/mol. The maximum absolute atomic E-state index is 13.6. The number of alkyl halides is 6. The fourth-order valence-electron chi connectivity index (χ4n) is 3.70. The Kier molecular flexibility index (Phi) is 7.54. The molecule has 0 aliphatic carbocycles. The minimum Gasteiger partial charge on any atom is -0.378 e. The molecule has 0 amide bonds. The number of nitrogens with zero attached hydrogens (tertiary/aromatic N) is 2. The molecular formula is C22H25F6N3S. The van der Waals surface area contributed by atoms with Crippen LogP contribution in [0.25, 0.3) is 5.70 Å². The number of hydrogen-bond acceptors (Lipinski definition) is 4. The van der Waals surface area contributed by atoms with Gasteiger partial charge in [0.05, 0.1) is 15.4 Å². The number of nitrogens with one attached hydrogen (secondary N) is 1. The smallest absolute Gasteiger partial charge is 0.378 e. The van der Waals surface area contributed by atoms with Crippen molar-refractivity contribution in [2.45, 2.75) is 51.0 Å². The number of thiazole rings is 1. The highest BCUT2D eigenvalue weighted by Crippen LogP contribution is 2.38. The number of likely N-dealkylation sites (tertiary alicyclic amines) is 1. The molecule has 0 bridgehead atoms. The minimum atomic E-state index is -4.65. The molecule has 1 aliphatic heterocycles. The van der Waals surface area contributed by atoms with Crippen molar-refractivity contribution >= 4 is 17.0 Å². The average molecular weight is 478 g/mol. The van der Waals surface area contributed by atoms with Crippen LogP contribution in [0.1, 0.15) is 58.9 Å². The lowest BCUT2D eigenvalue weighted by molar-refractivity contribution is -0.141. The van der Waals surface area contributed by atoms with Crippen LogP contribution >= 0.6 is 11.3 Å². The van der Waals surface area contributed by atoms with Gasteiger partial charge in [0.15, 0.2) is 5.69 Å². The topological polar surface area (TPSA) is 28.2 Å². The molecule has 2 aromatic rings. The summed E-state index contributed by atoms with van der Waals surface area (Å²) in [5.74, 6) is 0. The van der Waals surface area contributed by atoms with Gasteiger partial charge in [0, 0.05) is 24.7 Å². The van der Waals surface area contributed by atoms with Crippen molar-refractivity contribution in [3.8, 4) is 0 Å². The first kappa shape index (κ1) is 24.6. The van der Waals surface area contributed by atoms with Crippen molar-refractivity contribution in [3.63, 3.8) is 0 Å². The Morgan fingerprint density at radius 1 is 1.12 bits per heavy atom. The van der Waals surface area contributed by atoms with Gasteiger partial charge < -0.3 is 10.2 Å². The van der Waals surface area contributed by atoms with Gasteiger partial charge in [-0.15, -0.1) is 11.3 Å². The van der Waals surface area contributed by atoms with E-state index in [-0.39, 0.29) is 10.6 Å². The lowest BCUT2D eigenvalue weighted by atomic mass is 10.0. The average Bonchev–Trinajstić information content (AvgIpc) is 3.18. The van der Waals surface area contributed by atoms with Gasteiger partial charge in [-0.1, -0.05) is 25.1 Å². The number of hydrogen-bond donors (Lipinski definition) is 1. The van der Waals surface area contributed by atoms with Crippen LogP contribution in [0, 0.1) is 0 Å². The third-order valence-electron chi connectivity index (χ3n) is 5.41. The first-order valence-electron chi connectivity index (χ1n) is 10.4. The van der Waals surface area contributed by atoms with Gasteiger partial charge in [-0.3, -0.25) is 0 Å². The molecule has 32 heavy (non-hydrogen) atoms. The molecule has 1 atom stereocenters. The summed E-state index contributed by atoms with van der Waals surface area (Å²) in [6.07, 6.45) is -5.40. The fraction of sp³-hybridized carbons (Fsp3) is 0.500. The molecule has 1 aliphatic rings. The van der Waals surface area contributed by atoms with E-state index in [9.17, 15) is 26.3 Å². The quantitative estimate of drug-likeness (QED) is 0.460. The van der Waals surface area contributed by atoms with E-state index in [1.807, 2.05) is 0 Å². The standard InChI is InChI=1S/C22H25F6N3S/c1-14(16-7-6-8-17(13-16)21(23,24)25)29-15(2)19-20(22(26,27)28)30-18(32-19)9-12-31-10-4-3-5-11-31/h6-8,13-14,29H,2-5,9-12H2,1H3. The van der Waals surface area contributed by atoms with Gasteiger partial charge in [0.25, 0.3) is 0 Å². The van der Waals surface area contributed by atoms with Gasteiger partial charge in [0.2, 0.25) is 0 Å². The van der Waals surface area contributed by atoms with E-state index in [2.05, 4.69) is 21.8 Å². The number of aromatic nitrogens is 1. The van der Waals surface area contributed by atoms with E-state index in [4.69, 9.17) is 0 Å². The molecule has 1 fully saturated rings. The molecule has 1 aromatic carbocycles. The van der Waals surface area contributed by atoms with Crippen LogP contribution in [0.4, 0.5) is 26.3 Å². The number of piperidine rings is 1. The molecule has 0 saturated carbocycles. The van der Waals surface area contributed by atoms with E-state index in [1.165, 1.54) is 18.6 Å². The highest BCUT2D eigenvalue weighted by Gasteiger charge is 2.38. The summed E-state index contributed by atoms with van der Waals surface area (Å²) < 4.78 is 79.7. The zero-order chi connectivity index (χ0) is 23.5. The Morgan fingerprint density at radius 3 is 2.44 bits per heavy atom. The molecule has 0 spiro atoms. The van der Waals surface area contributed by atoms with Gasteiger partial charge >= 0.3 is 12.4 Å². The summed E-state index contributed by atoms with van der Waals surface area (Å²) in [4.78, 5) is 5.92. The molecule has 176 valence electrons. The van der Waals surface area contributed by atoms with Crippen molar-refractivity contribution in [2.24, 2.45) is 0 Å². The third-order valence-corrected chi connectivity index (χ3v) is 6.58. The van der Waals surface area contributed by atoms with Crippen LogP contribution in [0.5, 0.6) is 0 Å². The summed E-state index contributed by atoms with van der Waals surface area (Å²) in [7, 11) is 0. The molecule has 10 heteroatoms. The first-order chi connectivity index (χ1) is 14.9. The van der Waals surface area contributed by atoms with E-state index < -0.39 is 29.7 Å². The van der Waals surface area contributed by atoms with Crippen molar-refractivity contribution in [3.05, 3.63) is 57.6 Å². The molecule has 1 aromatic heterocycles. The molecule has 0 radical (unpaired) electrons. The Labute approximate surface area is 187 Å². The molecule has 2 heterocycles. The maximum Gasteiger partial charge on any atom is 0.434 e. The second-order valence-corrected chi connectivity index (χ2v) is 8.99. The molecular weight excluding hydrogens is 452 g/mol. The fourth-order valence-corrected chi connectivity index (χ4v) is 4.71. The van der Waals surface area contributed by atoms with Gasteiger partial charge in [-0.25, -0.2) is 4.98 Å².